The van der Waals surface area contributed by atoms with Gasteiger partial charge in [0.05, 0.1) is 12.1 Å². The topological polar surface area (TPSA) is 61.4 Å². The van der Waals surface area contributed by atoms with E-state index in [-0.39, 0.29) is 24.9 Å². The Bertz CT molecular complexity index is 912. The first-order valence-corrected chi connectivity index (χ1v) is 11.5. The fourth-order valence-corrected chi connectivity index (χ4v) is 4.59. The maximum absolute atomic E-state index is 13.6. The third kappa shape index (κ3) is 6.84. The second-order valence-electron chi connectivity index (χ2n) is 9.34. The van der Waals surface area contributed by atoms with Crippen LogP contribution in [0.2, 0.25) is 0 Å². The molecule has 0 heterocycles. The number of halogens is 2. The Morgan fingerprint density at radius 1 is 1.09 bits per heavy atom. The first-order chi connectivity index (χ1) is 15.2. The number of carbonyl (C=O) groups excluding carboxylic acids is 1. The van der Waals surface area contributed by atoms with Gasteiger partial charge in [0.1, 0.15) is 11.6 Å². The lowest BCUT2D eigenvalue weighted by Crippen LogP contribution is -2.48. The van der Waals surface area contributed by atoms with Crippen molar-refractivity contribution in [3.8, 4) is 0 Å². The summed E-state index contributed by atoms with van der Waals surface area (Å²) >= 11 is 0. The highest BCUT2D eigenvalue weighted by Crippen LogP contribution is 2.31. The Morgan fingerprint density at radius 3 is 2.47 bits per heavy atom. The number of hydrogen-bond donors (Lipinski definition) is 3. The SMILES string of the molecule is CC(=O)NC(Cc1cc(F)cc(F)c1)C(O)CN[C@H]1CCCc2ccc(CC(C)C)cc21. The van der Waals surface area contributed by atoms with Crippen molar-refractivity contribution in [2.45, 2.75) is 71.1 Å². The van der Waals surface area contributed by atoms with Crippen molar-refractivity contribution >= 4 is 5.91 Å². The summed E-state index contributed by atoms with van der Waals surface area (Å²) < 4.78 is 27.2. The molecule has 0 radical (unpaired) electrons. The molecule has 6 heteroatoms. The van der Waals surface area contributed by atoms with E-state index in [2.05, 4.69) is 42.7 Å². The van der Waals surface area contributed by atoms with Crippen LogP contribution in [0, 0.1) is 17.6 Å². The van der Waals surface area contributed by atoms with Gasteiger partial charge in [0.15, 0.2) is 0 Å². The van der Waals surface area contributed by atoms with Crippen LogP contribution < -0.4 is 10.6 Å². The van der Waals surface area contributed by atoms with E-state index in [0.717, 1.165) is 31.7 Å². The molecular weight excluding hydrogens is 410 g/mol. The molecule has 0 saturated heterocycles. The molecule has 0 spiro atoms. The van der Waals surface area contributed by atoms with Crippen LogP contribution >= 0.6 is 0 Å². The van der Waals surface area contributed by atoms with E-state index in [4.69, 9.17) is 0 Å². The molecular formula is C26H34F2N2O2. The Labute approximate surface area is 189 Å². The summed E-state index contributed by atoms with van der Waals surface area (Å²) in [5, 5.41) is 17.0. The minimum absolute atomic E-state index is 0.130. The van der Waals surface area contributed by atoms with Crippen molar-refractivity contribution in [3.63, 3.8) is 0 Å². The molecule has 0 aromatic heterocycles. The average Bonchev–Trinajstić information content (AvgIpc) is 2.70. The first-order valence-electron chi connectivity index (χ1n) is 11.5. The summed E-state index contributed by atoms with van der Waals surface area (Å²) in [6.45, 7) is 6.05. The second kappa shape index (κ2) is 11.0. The molecule has 1 aliphatic rings. The molecule has 3 rings (SSSR count). The maximum Gasteiger partial charge on any atom is 0.217 e. The third-order valence-electron chi connectivity index (χ3n) is 5.97. The Hall–Kier alpha value is -2.31. The molecule has 0 saturated carbocycles. The normalized spacial score (nSPS) is 17.7. The number of aliphatic hydroxyl groups excluding tert-OH is 1. The van der Waals surface area contributed by atoms with E-state index in [1.54, 1.807) is 0 Å². The molecule has 2 aromatic carbocycles. The molecule has 32 heavy (non-hydrogen) atoms. The Morgan fingerprint density at radius 2 is 1.81 bits per heavy atom. The van der Waals surface area contributed by atoms with Crippen molar-refractivity contribution in [3.05, 3.63) is 70.3 Å². The molecule has 0 fully saturated rings. The van der Waals surface area contributed by atoms with Crippen molar-refractivity contribution in [2.75, 3.05) is 6.54 Å². The molecule has 2 aromatic rings. The van der Waals surface area contributed by atoms with Gasteiger partial charge in [0.2, 0.25) is 5.91 Å². The minimum atomic E-state index is -0.908. The van der Waals surface area contributed by atoms with E-state index in [1.807, 2.05) is 0 Å². The van der Waals surface area contributed by atoms with E-state index in [1.165, 1.54) is 35.7 Å². The minimum Gasteiger partial charge on any atom is -0.390 e. The number of nitrogens with one attached hydrogen (secondary N) is 2. The largest absolute Gasteiger partial charge is 0.390 e. The van der Waals surface area contributed by atoms with Crippen molar-refractivity contribution in [1.82, 2.24) is 10.6 Å². The van der Waals surface area contributed by atoms with Crippen molar-refractivity contribution in [2.24, 2.45) is 5.92 Å². The van der Waals surface area contributed by atoms with Gasteiger partial charge >= 0.3 is 0 Å². The zero-order valence-corrected chi connectivity index (χ0v) is 19.1. The van der Waals surface area contributed by atoms with Crippen LogP contribution in [0.1, 0.15) is 61.9 Å². The van der Waals surface area contributed by atoms with Crippen LogP contribution in [0.3, 0.4) is 0 Å². The zero-order chi connectivity index (χ0) is 23.3. The van der Waals surface area contributed by atoms with Crippen molar-refractivity contribution in [1.29, 1.82) is 0 Å². The summed E-state index contributed by atoms with van der Waals surface area (Å²) in [4.78, 5) is 11.7. The average molecular weight is 445 g/mol. The number of rotatable bonds is 9. The van der Waals surface area contributed by atoms with Crippen LogP contribution in [0.25, 0.3) is 0 Å². The summed E-state index contributed by atoms with van der Waals surface area (Å²) in [7, 11) is 0. The number of aliphatic hydroxyl groups is 1. The first kappa shape index (κ1) is 24.3. The van der Waals surface area contributed by atoms with Gasteiger partial charge in [-0.1, -0.05) is 32.0 Å². The van der Waals surface area contributed by atoms with Crippen molar-refractivity contribution < 1.29 is 18.7 Å². The fraction of sp³-hybridized carbons (Fsp3) is 0.500. The summed E-state index contributed by atoms with van der Waals surface area (Å²) in [6, 6.07) is 9.44. The molecule has 1 aliphatic carbocycles. The van der Waals surface area contributed by atoms with E-state index in [0.29, 0.717) is 11.5 Å². The van der Waals surface area contributed by atoms with Crippen LogP contribution in [-0.4, -0.2) is 29.7 Å². The van der Waals surface area contributed by atoms with Crippen LogP contribution in [0.5, 0.6) is 0 Å². The van der Waals surface area contributed by atoms with Gasteiger partial charge in [-0.3, -0.25) is 4.79 Å². The lowest BCUT2D eigenvalue weighted by Gasteiger charge is -2.30. The number of aryl methyl sites for hydroxylation is 1. The summed E-state index contributed by atoms with van der Waals surface area (Å²) in [5.74, 6) is -1.07. The lowest BCUT2D eigenvalue weighted by molar-refractivity contribution is -0.120. The smallest absolute Gasteiger partial charge is 0.217 e. The van der Waals surface area contributed by atoms with E-state index >= 15 is 0 Å². The van der Waals surface area contributed by atoms with Gasteiger partial charge in [-0.05, 0) is 72.4 Å². The Kier molecular flexibility index (Phi) is 8.38. The quantitative estimate of drug-likeness (QED) is 0.542. The summed E-state index contributed by atoms with van der Waals surface area (Å²) in [6.07, 6.45) is 3.35. The standard InChI is InChI=1S/C26H34F2N2O2/c1-16(2)9-18-7-8-20-5-4-6-24(23(20)12-18)29-15-26(32)25(30-17(3)31)13-19-10-21(27)14-22(28)11-19/h7-8,10-12,14,16,24-26,29,32H,4-6,9,13,15H2,1-3H3,(H,30,31)/t24-,25?,26?/m0/s1. The van der Waals surface area contributed by atoms with Gasteiger partial charge in [-0.2, -0.15) is 0 Å². The maximum atomic E-state index is 13.6. The predicted octanol–water partition coefficient (Wildman–Crippen LogP) is 4.24. The predicted molar refractivity (Wildman–Crippen MR) is 122 cm³/mol. The molecule has 174 valence electrons. The van der Waals surface area contributed by atoms with E-state index < -0.39 is 23.8 Å². The summed E-state index contributed by atoms with van der Waals surface area (Å²) in [5.41, 5.74) is 4.33. The number of carbonyl (C=O) groups is 1. The van der Waals surface area contributed by atoms with Gasteiger partial charge in [-0.25, -0.2) is 8.78 Å². The number of fused-ring (bicyclic) bond motifs is 1. The molecule has 2 unspecified atom stereocenters. The van der Waals surface area contributed by atoms with Gasteiger partial charge in [-0.15, -0.1) is 0 Å². The molecule has 3 N–H and O–H groups in total. The van der Waals surface area contributed by atoms with E-state index in [9.17, 15) is 18.7 Å². The zero-order valence-electron chi connectivity index (χ0n) is 19.1. The van der Waals surface area contributed by atoms with Gasteiger partial charge in [0.25, 0.3) is 0 Å². The number of amides is 1. The number of hydrogen-bond acceptors (Lipinski definition) is 3. The van der Waals surface area contributed by atoms with Crippen LogP contribution in [0.4, 0.5) is 8.78 Å². The molecule has 0 bridgehead atoms. The monoisotopic (exact) mass is 444 g/mol. The van der Waals surface area contributed by atoms with Crippen LogP contribution in [0.15, 0.2) is 36.4 Å². The molecule has 3 atom stereocenters. The van der Waals surface area contributed by atoms with Crippen LogP contribution in [-0.2, 0) is 24.1 Å². The van der Waals surface area contributed by atoms with Gasteiger partial charge < -0.3 is 15.7 Å². The molecule has 0 aliphatic heterocycles. The molecule has 4 nitrogen and oxygen atoms in total. The third-order valence-corrected chi connectivity index (χ3v) is 5.97. The number of benzene rings is 2. The molecule has 1 amide bonds. The fourth-order valence-electron chi connectivity index (χ4n) is 4.59. The highest BCUT2D eigenvalue weighted by atomic mass is 19.1. The highest BCUT2D eigenvalue weighted by Gasteiger charge is 2.25. The lowest BCUT2D eigenvalue weighted by atomic mass is 9.85. The Balaban J connectivity index is 1.69. The second-order valence-corrected chi connectivity index (χ2v) is 9.34. The van der Waals surface area contributed by atoms with Gasteiger partial charge in [0, 0.05) is 25.6 Å². The highest BCUT2D eigenvalue weighted by molar-refractivity contribution is 5.73.